The van der Waals surface area contributed by atoms with Crippen molar-refractivity contribution in [3.63, 3.8) is 0 Å². The lowest BCUT2D eigenvalue weighted by atomic mass is 9.89. The Kier molecular flexibility index (Phi) is 5.51. The van der Waals surface area contributed by atoms with Crippen LogP contribution >= 0.6 is 0 Å². The van der Waals surface area contributed by atoms with Crippen LogP contribution in [0.2, 0.25) is 0 Å². The van der Waals surface area contributed by atoms with Crippen LogP contribution in [0.4, 0.5) is 4.39 Å². The quantitative estimate of drug-likeness (QED) is 0.649. The zero-order valence-electron chi connectivity index (χ0n) is 17.7. The number of H-pyrrole nitrogens is 1. The summed E-state index contributed by atoms with van der Waals surface area (Å²) in [5.74, 6) is -0.237. The number of carbonyl (C=O) groups excluding carboxylic acids is 1. The van der Waals surface area contributed by atoms with E-state index < -0.39 is 21.9 Å². The van der Waals surface area contributed by atoms with Gasteiger partial charge in [-0.1, -0.05) is 18.2 Å². The molecule has 1 atom stereocenters. The Morgan fingerprint density at radius 3 is 2.44 bits per heavy atom. The summed E-state index contributed by atoms with van der Waals surface area (Å²) in [5.41, 5.74) is 2.41. The summed E-state index contributed by atoms with van der Waals surface area (Å²) < 4.78 is 40.8. The molecule has 2 saturated heterocycles. The van der Waals surface area contributed by atoms with Crippen molar-refractivity contribution >= 4 is 26.8 Å². The van der Waals surface area contributed by atoms with Crippen molar-refractivity contribution in [2.24, 2.45) is 0 Å². The normalized spacial score (nSPS) is 20.8. The summed E-state index contributed by atoms with van der Waals surface area (Å²) in [7, 11) is -3.84. The number of sulfonamides is 1. The number of hydrogen-bond acceptors (Lipinski definition) is 3. The molecule has 0 bridgehead atoms. The summed E-state index contributed by atoms with van der Waals surface area (Å²) in [4.78, 5) is 18.5. The number of amides is 1. The standard InChI is InChI=1S/C24H26FN3O3S/c25-18-7-9-19(10-8-18)32(30,31)28-13-3-6-23(28)24(29)27-14-11-17(12-15-27)21-16-26-22-5-2-1-4-20(21)22/h1-2,4-5,7-10,16-17,23,26H,3,6,11-15H2/t23-/m0/s1. The Bertz CT molecular complexity index is 1230. The van der Waals surface area contributed by atoms with Crippen LogP contribution in [0.25, 0.3) is 10.9 Å². The minimum Gasteiger partial charge on any atom is -0.361 e. The number of rotatable bonds is 4. The smallest absolute Gasteiger partial charge is 0.243 e. The predicted molar refractivity (Wildman–Crippen MR) is 120 cm³/mol. The lowest BCUT2D eigenvalue weighted by Crippen LogP contribution is -2.49. The maximum absolute atomic E-state index is 13.3. The summed E-state index contributed by atoms with van der Waals surface area (Å²) in [5, 5.41) is 1.23. The van der Waals surface area contributed by atoms with Crippen LogP contribution in [-0.2, 0) is 14.8 Å². The lowest BCUT2D eigenvalue weighted by molar-refractivity contribution is -0.135. The van der Waals surface area contributed by atoms with Gasteiger partial charge in [-0.15, -0.1) is 0 Å². The van der Waals surface area contributed by atoms with Gasteiger partial charge < -0.3 is 9.88 Å². The lowest BCUT2D eigenvalue weighted by Gasteiger charge is -2.35. The maximum atomic E-state index is 13.3. The molecule has 1 N–H and O–H groups in total. The maximum Gasteiger partial charge on any atom is 0.243 e. The Hall–Kier alpha value is -2.71. The Morgan fingerprint density at radius 2 is 1.69 bits per heavy atom. The third-order valence-electron chi connectivity index (χ3n) is 6.78. The monoisotopic (exact) mass is 455 g/mol. The molecule has 0 radical (unpaired) electrons. The number of nitrogens with zero attached hydrogens (tertiary/aromatic N) is 2. The van der Waals surface area contributed by atoms with E-state index in [0.29, 0.717) is 38.4 Å². The highest BCUT2D eigenvalue weighted by molar-refractivity contribution is 7.89. The van der Waals surface area contributed by atoms with Gasteiger partial charge in [-0.25, -0.2) is 12.8 Å². The summed E-state index contributed by atoms with van der Waals surface area (Å²) in [6.45, 7) is 1.54. The van der Waals surface area contributed by atoms with Crippen LogP contribution in [0.15, 0.2) is 59.6 Å². The van der Waals surface area contributed by atoms with Crippen molar-refractivity contribution in [2.45, 2.75) is 42.5 Å². The number of halogens is 1. The summed E-state index contributed by atoms with van der Waals surface area (Å²) in [6, 6.07) is 12.3. The molecule has 5 rings (SSSR count). The molecule has 2 fully saturated rings. The van der Waals surface area contributed by atoms with Gasteiger partial charge in [0.15, 0.2) is 0 Å². The number of likely N-dealkylation sites (tertiary alicyclic amines) is 1. The zero-order valence-corrected chi connectivity index (χ0v) is 18.5. The Morgan fingerprint density at radius 1 is 0.969 bits per heavy atom. The highest BCUT2D eigenvalue weighted by Crippen LogP contribution is 2.34. The molecule has 32 heavy (non-hydrogen) atoms. The molecule has 1 aromatic heterocycles. The molecule has 0 saturated carbocycles. The molecule has 2 aliphatic rings. The van der Waals surface area contributed by atoms with Gasteiger partial charge in [-0.3, -0.25) is 4.79 Å². The molecular formula is C24H26FN3O3S. The second kappa shape index (κ2) is 8.33. The SMILES string of the molecule is O=C([C@@H]1CCCN1S(=O)(=O)c1ccc(F)cc1)N1CCC(c2c[nH]c3ccccc23)CC1. The minimum atomic E-state index is -3.84. The predicted octanol–water partition coefficient (Wildman–Crippen LogP) is 3.87. The first-order valence-corrected chi connectivity index (χ1v) is 12.5. The number of piperidine rings is 1. The average Bonchev–Trinajstić information content (AvgIpc) is 3.47. The van der Waals surface area contributed by atoms with Crippen LogP contribution in [0.1, 0.15) is 37.2 Å². The fourth-order valence-electron chi connectivity index (χ4n) is 5.07. The largest absolute Gasteiger partial charge is 0.361 e. The van der Waals surface area contributed by atoms with E-state index in [4.69, 9.17) is 0 Å². The molecule has 0 aliphatic carbocycles. The van der Waals surface area contributed by atoms with Crippen molar-refractivity contribution in [2.75, 3.05) is 19.6 Å². The highest BCUT2D eigenvalue weighted by atomic mass is 32.2. The number of aromatic nitrogens is 1. The number of fused-ring (bicyclic) bond motifs is 1. The van der Waals surface area contributed by atoms with Gasteiger partial charge in [0.2, 0.25) is 15.9 Å². The van der Waals surface area contributed by atoms with E-state index in [1.807, 2.05) is 17.0 Å². The molecule has 6 nitrogen and oxygen atoms in total. The fourth-order valence-corrected chi connectivity index (χ4v) is 6.72. The number of para-hydroxylation sites is 1. The third kappa shape index (κ3) is 3.71. The van der Waals surface area contributed by atoms with E-state index in [1.165, 1.54) is 27.4 Å². The van der Waals surface area contributed by atoms with Gasteiger partial charge in [0.25, 0.3) is 0 Å². The molecule has 0 spiro atoms. The van der Waals surface area contributed by atoms with Gasteiger partial charge in [-0.05, 0) is 67.5 Å². The number of carbonyl (C=O) groups is 1. The van der Waals surface area contributed by atoms with Crippen LogP contribution in [-0.4, -0.2) is 54.2 Å². The van der Waals surface area contributed by atoms with Crippen molar-refractivity contribution in [1.82, 2.24) is 14.2 Å². The van der Waals surface area contributed by atoms with E-state index >= 15 is 0 Å². The first-order chi connectivity index (χ1) is 15.4. The van der Waals surface area contributed by atoms with E-state index in [9.17, 15) is 17.6 Å². The van der Waals surface area contributed by atoms with Crippen LogP contribution in [0.5, 0.6) is 0 Å². The second-order valence-corrected chi connectivity index (χ2v) is 10.5. The molecule has 8 heteroatoms. The summed E-state index contributed by atoms with van der Waals surface area (Å²) in [6.07, 6.45) is 4.93. The highest BCUT2D eigenvalue weighted by Gasteiger charge is 2.41. The minimum absolute atomic E-state index is 0.0247. The molecular weight excluding hydrogens is 429 g/mol. The molecule has 3 aromatic rings. The first-order valence-electron chi connectivity index (χ1n) is 11.1. The topological polar surface area (TPSA) is 73.5 Å². The number of nitrogens with one attached hydrogen (secondary N) is 1. The number of aromatic amines is 1. The molecule has 2 aromatic carbocycles. The van der Waals surface area contributed by atoms with Crippen molar-refractivity contribution < 1.29 is 17.6 Å². The Labute approximate surface area is 187 Å². The first kappa shape index (κ1) is 21.2. The van der Waals surface area contributed by atoms with E-state index in [2.05, 4.69) is 23.3 Å². The van der Waals surface area contributed by atoms with Crippen LogP contribution in [0, 0.1) is 5.82 Å². The van der Waals surface area contributed by atoms with E-state index in [-0.39, 0.29) is 10.8 Å². The molecule has 168 valence electrons. The Balaban J connectivity index is 1.29. The second-order valence-electron chi connectivity index (χ2n) is 8.62. The van der Waals surface area contributed by atoms with Crippen molar-refractivity contribution in [1.29, 1.82) is 0 Å². The summed E-state index contributed by atoms with van der Waals surface area (Å²) >= 11 is 0. The van der Waals surface area contributed by atoms with E-state index in [0.717, 1.165) is 30.5 Å². The number of hydrogen-bond donors (Lipinski definition) is 1. The zero-order chi connectivity index (χ0) is 22.3. The van der Waals surface area contributed by atoms with Crippen LogP contribution in [0.3, 0.4) is 0 Å². The molecule has 3 heterocycles. The van der Waals surface area contributed by atoms with Gasteiger partial charge in [0, 0.05) is 36.7 Å². The molecule has 1 amide bonds. The molecule has 0 unspecified atom stereocenters. The van der Waals surface area contributed by atoms with Crippen LogP contribution < -0.4 is 0 Å². The van der Waals surface area contributed by atoms with Gasteiger partial charge in [0.05, 0.1) is 4.90 Å². The van der Waals surface area contributed by atoms with Gasteiger partial charge in [-0.2, -0.15) is 4.31 Å². The van der Waals surface area contributed by atoms with Crippen molar-refractivity contribution in [3.8, 4) is 0 Å². The fraction of sp³-hybridized carbons (Fsp3) is 0.375. The molecule has 2 aliphatic heterocycles. The average molecular weight is 456 g/mol. The van der Waals surface area contributed by atoms with Gasteiger partial charge >= 0.3 is 0 Å². The number of benzene rings is 2. The third-order valence-corrected chi connectivity index (χ3v) is 8.70. The van der Waals surface area contributed by atoms with Gasteiger partial charge in [0.1, 0.15) is 11.9 Å². The van der Waals surface area contributed by atoms with Crippen molar-refractivity contribution in [3.05, 3.63) is 66.1 Å². The van der Waals surface area contributed by atoms with E-state index in [1.54, 1.807) is 0 Å².